The van der Waals surface area contributed by atoms with E-state index in [-0.39, 0.29) is 0 Å². The van der Waals surface area contributed by atoms with Gasteiger partial charge in [0.2, 0.25) is 0 Å². The molecule has 1 N–H and O–H groups in total. The molecule has 0 aromatic carbocycles. The lowest BCUT2D eigenvalue weighted by atomic mass is 10.2. The molecule has 2 aromatic heterocycles. The molecule has 0 unspecified atom stereocenters. The van der Waals surface area contributed by atoms with Crippen LogP contribution in [0.3, 0.4) is 0 Å². The average molecular weight is 237 g/mol. The molecule has 2 heterocycles. The highest BCUT2D eigenvalue weighted by Gasteiger charge is 2.13. The summed E-state index contributed by atoms with van der Waals surface area (Å²) in [6, 6.07) is 3.80. The predicted molar refractivity (Wildman–Crippen MR) is 64.2 cm³/mol. The number of hydrogen-bond donors (Lipinski definition) is 1. The molecular formula is C11H13ClN4. The summed E-state index contributed by atoms with van der Waals surface area (Å²) in [4.78, 5) is 8.49. The van der Waals surface area contributed by atoms with Crippen LogP contribution in [0.2, 0.25) is 5.15 Å². The summed E-state index contributed by atoms with van der Waals surface area (Å²) >= 11 is 6.24. The molecule has 0 amide bonds. The van der Waals surface area contributed by atoms with Crippen LogP contribution in [0.1, 0.15) is 5.82 Å². The van der Waals surface area contributed by atoms with Gasteiger partial charge in [-0.25, -0.2) is 4.98 Å². The minimum Gasteiger partial charge on any atom is -0.321 e. The minimum absolute atomic E-state index is 0.649. The molecule has 0 bridgehead atoms. The lowest BCUT2D eigenvalue weighted by Gasteiger charge is -1.99. The smallest absolute Gasteiger partial charge is 0.136 e. The van der Waals surface area contributed by atoms with E-state index in [1.165, 1.54) is 0 Å². The first-order chi connectivity index (χ1) is 7.74. The SMILES string of the molecule is CNCc1nc(-c2ccncc2)c(Cl)n1C. The molecule has 2 aromatic rings. The Hall–Kier alpha value is -1.39. The second-order valence-corrected chi connectivity index (χ2v) is 3.85. The second kappa shape index (κ2) is 4.63. The molecule has 0 fully saturated rings. The van der Waals surface area contributed by atoms with Crippen molar-refractivity contribution in [2.75, 3.05) is 7.05 Å². The average Bonchev–Trinajstić information content (AvgIpc) is 2.59. The summed E-state index contributed by atoms with van der Waals surface area (Å²) in [6.07, 6.45) is 3.47. The minimum atomic E-state index is 0.649. The van der Waals surface area contributed by atoms with E-state index in [0.29, 0.717) is 11.7 Å². The van der Waals surface area contributed by atoms with Gasteiger partial charge in [-0.1, -0.05) is 11.6 Å². The van der Waals surface area contributed by atoms with Crippen molar-refractivity contribution in [1.82, 2.24) is 19.9 Å². The summed E-state index contributed by atoms with van der Waals surface area (Å²) in [7, 11) is 3.79. The largest absolute Gasteiger partial charge is 0.321 e. The van der Waals surface area contributed by atoms with E-state index in [1.807, 2.05) is 30.8 Å². The summed E-state index contributed by atoms with van der Waals surface area (Å²) in [5, 5.41) is 3.71. The molecular weight excluding hydrogens is 224 g/mol. The van der Waals surface area contributed by atoms with Crippen LogP contribution in [-0.2, 0) is 13.6 Å². The highest BCUT2D eigenvalue weighted by atomic mass is 35.5. The van der Waals surface area contributed by atoms with Gasteiger partial charge < -0.3 is 9.88 Å². The van der Waals surface area contributed by atoms with Crippen LogP contribution in [0.4, 0.5) is 0 Å². The maximum Gasteiger partial charge on any atom is 0.136 e. The number of nitrogens with one attached hydrogen (secondary N) is 1. The van der Waals surface area contributed by atoms with Gasteiger partial charge in [0.05, 0.1) is 6.54 Å². The van der Waals surface area contributed by atoms with Gasteiger partial charge >= 0.3 is 0 Å². The van der Waals surface area contributed by atoms with Crippen LogP contribution in [-0.4, -0.2) is 21.6 Å². The Morgan fingerprint density at radius 3 is 2.69 bits per heavy atom. The van der Waals surface area contributed by atoms with Gasteiger partial charge in [0, 0.05) is 25.0 Å². The second-order valence-electron chi connectivity index (χ2n) is 3.49. The van der Waals surface area contributed by atoms with Crippen LogP contribution < -0.4 is 5.32 Å². The Balaban J connectivity index is 2.46. The Morgan fingerprint density at radius 1 is 1.38 bits per heavy atom. The van der Waals surface area contributed by atoms with Crippen molar-refractivity contribution < 1.29 is 0 Å². The van der Waals surface area contributed by atoms with Gasteiger partial charge in [0.25, 0.3) is 0 Å². The Kier molecular flexibility index (Phi) is 3.22. The van der Waals surface area contributed by atoms with Gasteiger partial charge in [0.1, 0.15) is 16.7 Å². The molecule has 0 saturated heterocycles. The molecule has 0 spiro atoms. The van der Waals surface area contributed by atoms with Crippen LogP contribution in [0.25, 0.3) is 11.3 Å². The third-order valence-corrected chi connectivity index (χ3v) is 2.84. The molecule has 0 saturated carbocycles. The number of nitrogens with zero attached hydrogens (tertiary/aromatic N) is 3. The van der Waals surface area contributed by atoms with E-state index in [9.17, 15) is 0 Å². The van der Waals surface area contributed by atoms with Crippen LogP contribution in [0.5, 0.6) is 0 Å². The van der Waals surface area contributed by atoms with Crippen molar-refractivity contribution in [2.24, 2.45) is 7.05 Å². The number of imidazole rings is 1. The summed E-state index contributed by atoms with van der Waals surface area (Å²) in [5.74, 6) is 0.916. The fourth-order valence-corrected chi connectivity index (χ4v) is 1.78. The monoisotopic (exact) mass is 236 g/mol. The van der Waals surface area contributed by atoms with Crippen molar-refractivity contribution in [3.63, 3.8) is 0 Å². The van der Waals surface area contributed by atoms with E-state index in [0.717, 1.165) is 17.1 Å². The third kappa shape index (κ3) is 1.94. The normalized spacial score (nSPS) is 10.7. The zero-order valence-corrected chi connectivity index (χ0v) is 9.99. The number of pyridine rings is 1. The van der Waals surface area contributed by atoms with Crippen LogP contribution >= 0.6 is 11.6 Å². The molecule has 0 radical (unpaired) electrons. The van der Waals surface area contributed by atoms with Crippen molar-refractivity contribution in [3.8, 4) is 11.3 Å². The molecule has 84 valence electrons. The molecule has 0 aliphatic heterocycles. The lowest BCUT2D eigenvalue weighted by molar-refractivity contribution is 0.710. The third-order valence-electron chi connectivity index (χ3n) is 2.41. The Morgan fingerprint density at radius 2 is 2.06 bits per heavy atom. The molecule has 4 nitrogen and oxygen atoms in total. The van der Waals surface area contributed by atoms with Crippen molar-refractivity contribution in [2.45, 2.75) is 6.54 Å². The fourth-order valence-electron chi connectivity index (χ4n) is 1.53. The van der Waals surface area contributed by atoms with Crippen molar-refractivity contribution in [1.29, 1.82) is 0 Å². The number of halogens is 1. The van der Waals surface area contributed by atoms with Crippen molar-refractivity contribution in [3.05, 3.63) is 35.5 Å². The predicted octanol–water partition coefficient (Wildman–Crippen LogP) is 1.85. The van der Waals surface area contributed by atoms with E-state index in [2.05, 4.69) is 15.3 Å². The first kappa shape index (κ1) is 11.1. The molecule has 5 heteroatoms. The fraction of sp³-hybridized carbons (Fsp3) is 0.273. The number of hydrogen-bond acceptors (Lipinski definition) is 3. The van der Waals surface area contributed by atoms with E-state index < -0.39 is 0 Å². The standard InChI is InChI=1S/C11H13ClN4/c1-13-7-9-15-10(11(12)16(9)2)8-3-5-14-6-4-8/h3-6,13H,7H2,1-2H3. The van der Waals surface area contributed by atoms with Gasteiger partial charge in [0.15, 0.2) is 0 Å². The van der Waals surface area contributed by atoms with Gasteiger partial charge in [-0.2, -0.15) is 0 Å². The Labute approximate surface area is 99.3 Å². The zero-order valence-electron chi connectivity index (χ0n) is 9.24. The zero-order chi connectivity index (χ0) is 11.5. The first-order valence-corrected chi connectivity index (χ1v) is 5.38. The molecule has 0 aliphatic carbocycles. The van der Waals surface area contributed by atoms with Crippen LogP contribution in [0.15, 0.2) is 24.5 Å². The van der Waals surface area contributed by atoms with E-state index in [1.54, 1.807) is 12.4 Å². The maximum absolute atomic E-state index is 6.24. The molecule has 0 aliphatic rings. The summed E-state index contributed by atoms with van der Waals surface area (Å²) in [5.41, 5.74) is 1.79. The lowest BCUT2D eigenvalue weighted by Crippen LogP contribution is -2.10. The maximum atomic E-state index is 6.24. The highest BCUT2D eigenvalue weighted by molar-refractivity contribution is 6.32. The molecule has 16 heavy (non-hydrogen) atoms. The quantitative estimate of drug-likeness (QED) is 0.885. The first-order valence-electron chi connectivity index (χ1n) is 5.00. The molecule has 2 rings (SSSR count). The van der Waals surface area contributed by atoms with Gasteiger partial charge in [-0.05, 0) is 19.2 Å². The Bertz CT molecular complexity index is 478. The molecule has 0 atom stereocenters. The summed E-state index contributed by atoms with van der Waals surface area (Å²) in [6.45, 7) is 0.696. The highest BCUT2D eigenvalue weighted by Crippen LogP contribution is 2.26. The number of rotatable bonds is 3. The van der Waals surface area contributed by atoms with E-state index >= 15 is 0 Å². The van der Waals surface area contributed by atoms with E-state index in [4.69, 9.17) is 11.6 Å². The summed E-state index contributed by atoms with van der Waals surface area (Å²) < 4.78 is 1.88. The van der Waals surface area contributed by atoms with Gasteiger partial charge in [-0.15, -0.1) is 0 Å². The van der Waals surface area contributed by atoms with Crippen LogP contribution in [0, 0.1) is 0 Å². The van der Waals surface area contributed by atoms with Gasteiger partial charge in [-0.3, -0.25) is 4.98 Å². The topological polar surface area (TPSA) is 42.7 Å². The van der Waals surface area contributed by atoms with Crippen molar-refractivity contribution >= 4 is 11.6 Å². The number of aromatic nitrogens is 3.